The number of nitrogens with zero attached hydrogens (tertiary/aromatic N) is 2. The number of urea groups is 1. The third kappa shape index (κ3) is 3.13. The predicted molar refractivity (Wildman–Crippen MR) is 90.5 cm³/mol. The van der Waals surface area contributed by atoms with Crippen molar-refractivity contribution in [3.63, 3.8) is 0 Å². The quantitative estimate of drug-likeness (QED) is 0.615. The van der Waals surface area contributed by atoms with Gasteiger partial charge in [-0.3, -0.25) is 0 Å². The van der Waals surface area contributed by atoms with Gasteiger partial charge in [-0.05, 0) is 24.6 Å². The van der Waals surface area contributed by atoms with Gasteiger partial charge in [0.05, 0.1) is 18.7 Å². The standard InChI is InChI=1S/C18H22N2O4/c1-6-10-24-14-9-7-8-13(11-14)16-15(17(21)23-5)12(2)19(3)18(22)20(16)4/h6-9,11,16H,1,10H2,2-5H3/t16-/m0/s1. The highest BCUT2D eigenvalue weighted by Crippen LogP contribution is 2.37. The molecule has 0 fully saturated rings. The molecule has 128 valence electrons. The summed E-state index contributed by atoms with van der Waals surface area (Å²) in [7, 11) is 4.63. The van der Waals surface area contributed by atoms with Gasteiger partial charge in [0.15, 0.2) is 0 Å². The Morgan fingerprint density at radius 1 is 1.38 bits per heavy atom. The summed E-state index contributed by atoms with van der Waals surface area (Å²) in [5, 5.41) is 0. The molecule has 1 atom stereocenters. The molecular weight excluding hydrogens is 308 g/mol. The minimum atomic E-state index is -0.534. The Labute approximate surface area is 141 Å². The molecule has 24 heavy (non-hydrogen) atoms. The maximum Gasteiger partial charge on any atom is 0.337 e. The van der Waals surface area contributed by atoms with Gasteiger partial charge in [-0.1, -0.05) is 24.8 Å². The van der Waals surface area contributed by atoms with E-state index in [0.29, 0.717) is 23.6 Å². The SMILES string of the molecule is C=CCOc1cccc([C@H]2C(C(=O)OC)=C(C)N(C)C(=O)N2C)c1. The van der Waals surface area contributed by atoms with E-state index in [1.165, 1.54) is 16.9 Å². The number of hydrogen-bond acceptors (Lipinski definition) is 4. The third-order valence-corrected chi connectivity index (χ3v) is 4.09. The zero-order valence-corrected chi connectivity index (χ0v) is 14.4. The number of benzene rings is 1. The average molecular weight is 330 g/mol. The molecule has 6 heteroatoms. The first-order valence-corrected chi connectivity index (χ1v) is 7.55. The number of likely N-dealkylation sites (N-methyl/N-ethyl adjacent to an activating group) is 1. The highest BCUT2D eigenvalue weighted by Gasteiger charge is 2.39. The summed E-state index contributed by atoms with van der Waals surface area (Å²) in [5.74, 6) is 0.190. The first-order chi connectivity index (χ1) is 11.4. The molecule has 1 aromatic rings. The van der Waals surface area contributed by atoms with Crippen molar-refractivity contribution in [3.05, 3.63) is 53.8 Å². The fourth-order valence-electron chi connectivity index (χ4n) is 2.75. The fraction of sp³-hybridized carbons (Fsp3) is 0.333. The smallest absolute Gasteiger partial charge is 0.337 e. The maximum absolute atomic E-state index is 12.5. The van der Waals surface area contributed by atoms with E-state index in [1.54, 1.807) is 27.1 Å². The van der Waals surface area contributed by atoms with E-state index in [9.17, 15) is 9.59 Å². The second kappa shape index (κ2) is 7.21. The number of ether oxygens (including phenoxy) is 2. The molecule has 0 saturated carbocycles. The lowest BCUT2D eigenvalue weighted by atomic mass is 9.93. The van der Waals surface area contributed by atoms with Crippen molar-refractivity contribution in [1.82, 2.24) is 9.80 Å². The second-order valence-electron chi connectivity index (χ2n) is 5.52. The summed E-state index contributed by atoms with van der Waals surface area (Å²) < 4.78 is 10.5. The number of allylic oxidation sites excluding steroid dienone is 1. The van der Waals surface area contributed by atoms with Crippen LogP contribution in [0.1, 0.15) is 18.5 Å². The predicted octanol–water partition coefficient (Wildman–Crippen LogP) is 2.74. The van der Waals surface area contributed by atoms with Crippen molar-refractivity contribution >= 4 is 12.0 Å². The van der Waals surface area contributed by atoms with E-state index in [2.05, 4.69) is 6.58 Å². The van der Waals surface area contributed by atoms with Crippen LogP contribution in [-0.4, -0.2) is 49.6 Å². The highest BCUT2D eigenvalue weighted by molar-refractivity contribution is 5.94. The van der Waals surface area contributed by atoms with E-state index < -0.39 is 12.0 Å². The van der Waals surface area contributed by atoms with E-state index in [0.717, 1.165) is 5.56 Å². The monoisotopic (exact) mass is 330 g/mol. The topological polar surface area (TPSA) is 59.1 Å². The van der Waals surface area contributed by atoms with Crippen LogP contribution in [0.25, 0.3) is 0 Å². The highest BCUT2D eigenvalue weighted by atomic mass is 16.5. The van der Waals surface area contributed by atoms with Crippen molar-refractivity contribution in [3.8, 4) is 5.75 Å². The zero-order chi connectivity index (χ0) is 17.9. The number of carbonyl (C=O) groups is 2. The molecule has 6 nitrogen and oxygen atoms in total. The number of hydrogen-bond donors (Lipinski definition) is 0. The van der Waals surface area contributed by atoms with Gasteiger partial charge in [0.1, 0.15) is 12.4 Å². The molecule has 0 bridgehead atoms. The van der Waals surface area contributed by atoms with Gasteiger partial charge in [0.2, 0.25) is 0 Å². The molecule has 0 N–H and O–H groups in total. The van der Waals surface area contributed by atoms with Crippen molar-refractivity contribution < 1.29 is 19.1 Å². The number of carbonyl (C=O) groups excluding carboxylic acids is 2. The molecule has 0 aliphatic carbocycles. The summed E-state index contributed by atoms with van der Waals surface area (Å²) in [5.41, 5.74) is 1.79. The molecule has 1 aliphatic heterocycles. The van der Waals surface area contributed by atoms with Crippen LogP contribution >= 0.6 is 0 Å². The molecule has 0 aromatic heterocycles. The van der Waals surface area contributed by atoms with E-state index in [1.807, 2.05) is 24.3 Å². The third-order valence-electron chi connectivity index (χ3n) is 4.09. The molecule has 2 rings (SSSR count). The minimum absolute atomic E-state index is 0.192. The van der Waals surface area contributed by atoms with Crippen LogP contribution in [0, 0.1) is 0 Å². The van der Waals surface area contributed by atoms with Crippen LogP contribution in [-0.2, 0) is 9.53 Å². The van der Waals surface area contributed by atoms with Crippen LogP contribution in [0.5, 0.6) is 5.75 Å². The van der Waals surface area contributed by atoms with Gasteiger partial charge >= 0.3 is 12.0 Å². The van der Waals surface area contributed by atoms with Gasteiger partial charge in [0, 0.05) is 19.8 Å². The molecule has 0 unspecified atom stereocenters. The lowest BCUT2D eigenvalue weighted by Gasteiger charge is -2.39. The molecule has 0 saturated heterocycles. The molecule has 0 spiro atoms. The van der Waals surface area contributed by atoms with Gasteiger partial charge < -0.3 is 19.3 Å². The summed E-state index contributed by atoms with van der Waals surface area (Å²) in [4.78, 5) is 27.7. The Morgan fingerprint density at radius 2 is 2.08 bits per heavy atom. The van der Waals surface area contributed by atoms with Crippen LogP contribution in [0.4, 0.5) is 4.79 Å². The maximum atomic E-state index is 12.5. The van der Waals surface area contributed by atoms with Gasteiger partial charge in [-0.2, -0.15) is 0 Å². The molecule has 1 aromatic carbocycles. The molecule has 1 heterocycles. The molecule has 2 amide bonds. The average Bonchev–Trinajstić information content (AvgIpc) is 2.60. The van der Waals surface area contributed by atoms with Crippen molar-refractivity contribution in [2.24, 2.45) is 0 Å². The van der Waals surface area contributed by atoms with Crippen molar-refractivity contribution in [2.45, 2.75) is 13.0 Å². The van der Waals surface area contributed by atoms with E-state index >= 15 is 0 Å². The summed E-state index contributed by atoms with van der Waals surface area (Å²) in [6, 6.07) is 6.60. The Hall–Kier alpha value is -2.76. The first-order valence-electron chi connectivity index (χ1n) is 7.55. The normalized spacial score (nSPS) is 17.8. The Balaban J connectivity index is 2.53. The zero-order valence-electron chi connectivity index (χ0n) is 14.4. The van der Waals surface area contributed by atoms with Gasteiger partial charge in [-0.25, -0.2) is 9.59 Å². The first kappa shape index (κ1) is 17.6. The summed E-state index contributed by atoms with van der Waals surface area (Å²) in [6.07, 6.45) is 1.65. The number of amides is 2. The van der Waals surface area contributed by atoms with Crippen LogP contribution in [0.2, 0.25) is 0 Å². The molecule has 1 aliphatic rings. The molecule has 0 radical (unpaired) electrons. The lowest BCUT2D eigenvalue weighted by molar-refractivity contribution is -0.137. The van der Waals surface area contributed by atoms with E-state index in [4.69, 9.17) is 9.47 Å². The van der Waals surface area contributed by atoms with Gasteiger partial charge in [-0.15, -0.1) is 0 Å². The number of rotatable bonds is 5. The molecular formula is C18H22N2O4. The van der Waals surface area contributed by atoms with Crippen LogP contribution in [0.3, 0.4) is 0 Å². The largest absolute Gasteiger partial charge is 0.490 e. The number of esters is 1. The lowest BCUT2D eigenvalue weighted by Crippen LogP contribution is -2.47. The number of methoxy groups -OCH3 is 1. The fourth-order valence-corrected chi connectivity index (χ4v) is 2.75. The van der Waals surface area contributed by atoms with Gasteiger partial charge in [0.25, 0.3) is 0 Å². The summed E-state index contributed by atoms with van der Waals surface area (Å²) in [6.45, 7) is 5.74. The second-order valence-corrected chi connectivity index (χ2v) is 5.52. The van der Waals surface area contributed by atoms with Crippen molar-refractivity contribution in [2.75, 3.05) is 27.8 Å². The van der Waals surface area contributed by atoms with Crippen LogP contribution in [0.15, 0.2) is 48.2 Å². The Bertz CT molecular complexity index is 696. The Kier molecular flexibility index (Phi) is 5.28. The Morgan fingerprint density at radius 3 is 2.71 bits per heavy atom. The minimum Gasteiger partial charge on any atom is -0.490 e. The summed E-state index contributed by atoms with van der Waals surface area (Å²) >= 11 is 0. The van der Waals surface area contributed by atoms with Crippen molar-refractivity contribution in [1.29, 1.82) is 0 Å². The van der Waals surface area contributed by atoms with E-state index in [-0.39, 0.29) is 6.03 Å². The van der Waals surface area contributed by atoms with Crippen LogP contribution < -0.4 is 4.74 Å².